The van der Waals surface area contributed by atoms with E-state index in [4.69, 9.17) is 4.42 Å². The number of nitrogens with zero attached hydrogens (tertiary/aromatic N) is 5. The highest BCUT2D eigenvalue weighted by molar-refractivity contribution is 5.79. The quantitative estimate of drug-likeness (QED) is 0.649. The molecule has 1 unspecified atom stereocenters. The minimum absolute atomic E-state index is 0.0460. The van der Waals surface area contributed by atoms with Crippen LogP contribution in [-0.4, -0.2) is 77.0 Å². The van der Waals surface area contributed by atoms with Crippen LogP contribution in [0.5, 0.6) is 0 Å². The Morgan fingerprint density at radius 2 is 1.82 bits per heavy atom. The first-order valence-corrected chi connectivity index (χ1v) is 12.3. The number of likely N-dealkylation sites (N-methyl/N-ethyl adjacent to an activating group) is 1. The second-order valence-electron chi connectivity index (χ2n) is 10.6. The number of amides is 2. The molecule has 2 saturated heterocycles. The third-order valence-corrected chi connectivity index (χ3v) is 7.33. The predicted molar refractivity (Wildman–Crippen MR) is 129 cm³/mol. The second-order valence-corrected chi connectivity index (χ2v) is 10.6. The first-order chi connectivity index (χ1) is 16.2. The molecule has 1 aromatic carbocycles. The summed E-state index contributed by atoms with van der Waals surface area (Å²) in [6, 6.07) is 8.11. The molecule has 1 spiro atoms. The fourth-order valence-electron chi connectivity index (χ4n) is 5.07. The predicted octanol–water partition coefficient (Wildman–Crippen LogP) is 3.19. The number of rotatable bonds is 6. The molecule has 2 fully saturated rings. The summed E-state index contributed by atoms with van der Waals surface area (Å²) in [4.78, 5) is 31.3. The molecular formula is C26H37N5O3. The zero-order chi connectivity index (χ0) is 24.5. The molecule has 1 atom stereocenters. The summed E-state index contributed by atoms with van der Waals surface area (Å²) in [6.07, 6.45) is 3.15. The van der Waals surface area contributed by atoms with Gasteiger partial charge in [0.05, 0.1) is 19.0 Å². The standard InChI is InChI=1S/C26H37N5O3/c1-18(2)24-27-28-25(34-24)21-15-26(17-31(21)16-23(33)29(4)5)10-12-30(13-11-26)22(32)14-20-8-6-19(3)7-9-20/h6-9,18,21H,10-17H2,1-5H3. The van der Waals surface area contributed by atoms with Gasteiger partial charge in [0.2, 0.25) is 23.6 Å². The molecule has 0 bridgehead atoms. The van der Waals surface area contributed by atoms with Crippen molar-refractivity contribution in [3.8, 4) is 0 Å². The summed E-state index contributed by atoms with van der Waals surface area (Å²) >= 11 is 0. The van der Waals surface area contributed by atoms with Gasteiger partial charge in [0, 0.05) is 39.6 Å². The Morgan fingerprint density at radius 1 is 1.15 bits per heavy atom. The lowest BCUT2D eigenvalue weighted by atomic mass is 9.76. The van der Waals surface area contributed by atoms with Crippen molar-refractivity contribution in [2.45, 2.75) is 58.4 Å². The Kier molecular flexibility index (Phi) is 7.07. The Labute approximate surface area is 202 Å². The van der Waals surface area contributed by atoms with Gasteiger partial charge in [-0.1, -0.05) is 43.7 Å². The molecule has 0 radical (unpaired) electrons. The number of piperidine rings is 1. The zero-order valence-corrected chi connectivity index (χ0v) is 21.1. The lowest BCUT2D eigenvalue weighted by molar-refractivity contribution is -0.132. The summed E-state index contributed by atoms with van der Waals surface area (Å²) < 4.78 is 6.02. The molecule has 2 aliphatic heterocycles. The van der Waals surface area contributed by atoms with Crippen LogP contribution in [-0.2, 0) is 16.0 Å². The molecule has 8 nitrogen and oxygen atoms in total. The largest absolute Gasteiger partial charge is 0.423 e. The molecule has 2 amide bonds. The first kappa shape index (κ1) is 24.4. The van der Waals surface area contributed by atoms with Crippen LogP contribution in [0, 0.1) is 12.3 Å². The van der Waals surface area contributed by atoms with E-state index in [-0.39, 0.29) is 29.2 Å². The van der Waals surface area contributed by atoms with Crippen molar-refractivity contribution < 1.29 is 14.0 Å². The van der Waals surface area contributed by atoms with E-state index in [1.807, 2.05) is 30.9 Å². The summed E-state index contributed by atoms with van der Waals surface area (Å²) in [6.45, 7) is 8.74. The maximum Gasteiger partial charge on any atom is 0.236 e. The molecule has 184 valence electrons. The lowest BCUT2D eigenvalue weighted by Crippen LogP contribution is -2.45. The molecule has 2 aliphatic rings. The van der Waals surface area contributed by atoms with Gasteiger partial charge in [-0.3, -0.25) is 14.5 Å². The molecule has 8 heteroatoms. The van der Waals surface area contributed by atoms with Crippen molar-refractivity contribution in [3.05, 3.63) is 47.2 Å². The van der Waals surface area contributed by atoms with Crippen LogP contribution in [0.1, 0.15) is 68.0 Å². The van der Waals surface area contributed by atoms with E-state index >= 15 is 0 Å². The summed E-state index contributed by atoms with van der Waals surface area (Å²) in [5, 5.41) is 8.58. The Morgan fingerprint density at radius 3 is 2.41 bits per heavy atom. The van der Waals surface area contributed by atoms with Gasteiger partial charge in [0.1, 0.15) is 0 Å². The fourth-order valence-corrected chi connectivity index (χ4v) is 5.07. The van der Waals surface area contributed by atoms with Gasteiger partial charge in [-0.2, -0.15) is 0 Å². The van der Waals surface area contributed by atoms with E-state index < -0.39 is 0 Å². The van der Waals surface area contributed by atoms with Crippen LogP contribution in [0.15, 0.2) is 28.7 Å². The van der Waals surface area contributed by atoms with E-state index in [0.717, 1.165) is 44.5 Å². The van der Waals surface area contributed by atoms with E-state index in [1.54, 1.807) is 19.0 Å². The van der Waals surface area contributed by atoms with Gasteiger partial charge in [-0.05, 0) is 37.2 Å². The summed E-state index contributed by atoms with van der Waals surface area (Å²) in [5.74, 6) is 1.65. The number of hydrogen-bond donors (Lipinski definition) is 0. The van der Waals surface area contributed by atoms with Gasteiger partial charge < -0.3 is 14.2 Å². The number of likely N-dealkylation sites (tertiary alicyclic amines) is 2. The molecule has 1 aromatic heterocycles. The van der Waals surface area contributed by atoms with Gasteiger partial charge in [0.15, 0.2) is 0 Å². The third-order valence-electron chi connectivity index (χ3n) is 7.33. The number of carbonyl (C=O) groups is 2. The molecule has 4 rings (SSSR count). The van der Waals surface area contributed by atoms with Gasteiger partial charge in [0.25, 0.3) is 0 Å². The van der Waals surface area contributed by atoms with Crippen molar-refractivity contribution in [1.82, 2.24) is 24.9 Å². The number of aromatic nitrogens is 2. The molecule has 0 aliphatic carbocycles. The van der Waals surface area contributed by atoms with E-state index in [0.29, 0.717) is 24.7 Å². The van der Waals surface area contributed by atoms with Gasteiger partial charge >= 0.3 is 0 Å². The van der Waals surface area contributed by atoms with Crippen LogP contribution in [0.25, 0.3) is 0 Å². The number of benzene rings is 1. The highest BCUT2D eigenvalue weighted by Gasteiger charge is 2.48. The SMILES string of the molecule is Cc1ccc(CC(=O)N2CCC3(CC2)CC(c2nnc(C(C)C)o2)N(CC(=O)N(C)C)C3)cc1. The van der Waals surface area contributed by atoms with Gasteiger partial charge in [-0.25, -0.2) is 0 Å². The molecule has 0 N–H and O–H groups in total. The molecule has 3 heterocycles. The molecule has 0 saturated carbocycles. The fraction of sp³-hybridized carbons (Fsp3) is 0.615. The van der Waals surface area contributed by atoms with Crippen LogP contribution in [0.4, 0.5) is 0 Å². The normalized spacial score (nSPS) is 20.3. The summed E-state index contributed by atoms with van der Waals surface area (Å²) in [5.41, 5.74) is 2.30. The summed E-state index contributed by atoms with van der Waals surface area (Å²) in [7, 11) is 3.57. The molecule has 34 heavy (non-hydrogen) atoms. The van der Waals surface area contributed by atoms with E-state index in [1.165, 1.54) is 5.56 Å². The molecule has 2 aromatic rings. The van der Waals surface area contributed by atoms with Crippen molar-refractivity contribution in [1.29, 1.82) is 0 Å². The monoisotopic (exact) mass is 467 g/mol. The topological polar surface area (TPSA) is 82.8 Å². The average molecular weight is 468 g/mol. The van der Waals surface area contributed by atoms with Crippen LogP contribution in [0.3, 0.4) is 0 Å². The highest BCUT2D eigenvalue weighted by Crippen LogP contribution is 2.48. The second kappa shape index (κ2) is 9.86. The van der Waals surface area contributed by atoms with Crippen molar-refractivity contribution in [3.63, 3.8) is 0 Å². The minimum atomic E-state index is -0.0706. The smallest absolute Gasteiger partial charge is 0.236 e. The zero-order valence-electron chi connectivity index (χ0n) is 21.1. The molecular weight excluding hydrogens is 430 g/mol. The van der Waals surface area contributed by atoms with E-state index in [2.05, 4.69) is 34.2 Å². The minimum Gasteiger partial charge on any atom is -0.423 e. The van der Waals surface area contributed by atoms with Crippen LogP contribution >= 0.6 is 0 Å². The first-order valence-electron chi connectivity index (χ1n) is 12.3. The Hall–Kier alpha value is -2.74. The van der Waals surface area contributed by atoms with Crippen molar-refractivity contribution in [2.24, 2.45) is 5.41 Å². The maximum absolute atomic E-state index is 12.9. The number of carbonyl (C=O) groups excluding carboxylic acids is 2. The maximum atomic E-state index is 12.9. The van der Waals surface area contributed by atoms with Crippen LogP contribution in [0.2, 0.25) is 0 Å². The van der Waals surface area contributed by atoms with Crippen LogP contribution < -0.4 is 0 Å². The Bertz CT molecular complexity index is 1010. The van der Waals surface area contributed by atoms with E-state index in [9.17, 15) is 9.59 Å². The van der Waals surface area contributed by atoms with Gasteiger partial charge in [-0.15, -0.1) is 10.2 Å². The van der Waals surface area contributed by atoms with Crippen molar-refractivity contribution >= 4 is 11.8 Å². The highest BCUT2D eigenvalue weighted by atomic mass is 16.4. The van der Waals surface area contributed by atoms with Crippen molar-refractivity contribution in [2.75, 3.05) is 40.3 Å². The number of aryl methyl sites for hydroxylation is 1. The Balaban J connectivity index is 1.44. The average Bonchev–Trinajstić information content (AvgIpc) is 3.41. The lowest BCUT2D eigenvalue weighted by Gasteiger charge is -2.39. The third kappa shape index (κ3) is 5.32. The number of hydrogen-bond acceptors (Lipinski definition) is 6.